The maximum absolute atomic E-state index is 9.16. The minimum atomic E-state index is -0.593. The maximum atomic E-state index is 9.16. The largest absolute Gasteiger partial charge is 0.390 e. The first-order valence-electron chi connectivity index (χ1n) is 3.95. The minimum Gasteiger partial charge on any atom is -0.390 e. The number of hydrogen-bond donors (Lipinski definition) is 2. The second-order valence-electron chi connectivity index (χ2n) is 2.55. The van der Waals surface area contributed by atoms with Gasteiger partial charge in [-0.3, -0.25) is 0 Å². The number of hydrogen-bond acceptors (Lipinski definition) is 2. The molecule has 1 radical (unpaired) electrons. The van der Waals surface area contributed by atoms with E-state index in [2.05, 4.69) is 0 Å². The first kappa shape index (κ1) is 9.92. The Morgan fingerprint density at radius 1 is 1.30 bits per heavy atom. The lowest BCUT2D eigenvalue weighted by Crippen LogP contribution is -2.17. The molecule has 0 aliphatic rings. The maximum Gasteiger partial charge on any atom is 0.122 e. The predicted octanol–water partition coefficient (Wildman–Crippen LogP) is 1.85. The molecule has 10 heavy (non-hydrogen) atoms. The molecule has 0 heterocycles. The predicted molar refractivity (Wildman–Crippen MR) is 41.0 cm³/mol. The molecule has 0 rings (SSSR count). The van der Waals surface area contributed by atoms with Crippen LogP contribution in [0.1, 0.15) is 39.5 Å². The molecule has 0 saturated heterocycles. The average molecular weight is 145 g/mol. The van der Waals surface area contributed by atoms with Gasteiger partial charge in [0.25, 0.3) is 0 Å². The van der Waals surface area contributed by atoms with Crippen molar-refractivity contribution in [2.45, 2.75) is 45.6 Å². The van der Waals surface area contributed by atoms with E-state index in [-0.39, 0.29) is 6.10 Å². The normalized spacial score (nSPS) is 14.1. The number of rotatable bonds is 5. The molecule has 0 aliphatic carbocycles. The molecule has 0 aromatic rings. The Bertz CT molecular complexity index is 63.7. The van der Waals surface area contributed by atoms with E-state index in [1.807, 2.05) is 13.8 Å². The fourth-order valence-corrected chi connectivity index (χ4v) is 0.863. The van der Waals surface area contributed by atoms with E-state index in [0.717, 1.165) is 12.8 Å². The number of aliphatic hydroxyl groups is 2. The van der Waals surface area contributed by atoms with Gasteiger partial charge in [0.05, 0.1) is 6.10 Å². The van der Waals surface area contributed by atoms with Gasteiger partial charge in [-0.15, -0.1) is 0 Å². The molecular formula is C8H17O2. The van der Waals surface area contributed by atoms with Gasteiger partial charge in [-0.25, -0.2) is 0 Å². The van der Waals surface area contributed by atoms with Crippen LogP contribution in [0, 0.1) is 6.10 Å². The molecular weight excluding hydrogens is 128 g/mol. The monoisotopic (exact) mass is 145 g/mol. The van der Waals surface area contributed by atoms with Crippen LogP contribution in [0.4, 0.5) is 0 Å². The quantitative estimate of drug-likeness (QED) is 0.619. The third kappa shape index (κ3) is 3.85. The van der Waals surface area contributed by atoms with Gasteiger partial charge >= 0.3 is 0 Å². The molecule has 1 atom stereocenters. The summed E-state index contributed by atoms with van der Waals surface area (Å²) >= 11 is 0. The molecule has 0 aromatic carbocycles. The van der Waals surface area contributed by atoms with Crippen molar-refractivity contribution < 1.29 is 10.2 Å². The summed E-state index contributed by atoms with van der Waals surface area (Å²) in [5.74, 6) is 0. The minimum absolute atomic E-state index is 0.240. The van der Waals surface area contributed by atoms with Crippen molar-refractivity contribution >= 4 is 0 Å². The van der Waals surface area contributed by atoms with Gasteiger partial charge in [0.2, 0.25) is 0 Å². The van der Waals surface area contributed by atoms with Crippen LogP contribution in [0.25, 0.3) is 0 Å². The molecule has 1 unspecified atom stereocenters. The summed E-state index contributed by atoms with van der Waals surface area (Å²) in [5, 5.41) is 18.3. The van der Waals surface area contributed by atoms with Crippen LogP contribution in [-0.2, 0) is 0 Å². The summed E-state index contributed by atoms with van der Waals surface area (Å²) in [6.45, 7) is 3.97. The highest BCUT2D eigenvalue weighted by Gasteiger charge is 2.14. The average Bonchev–Trinajstić information content (AvgIpc) is 1.89. The molecule has 0 aliphatic heterocycles. The second kappa shape index (κ2) is 5.69. The summed E-state index contributed by atoms with van der Waals surface area (Å²) in [7, 11) is 0. The Morgan fingerprint density at radius 3 is 2.30 bits per heavy atom. The van der Waals surface area contributed by atoms with Crippen molar-refractivity contribution in [3.63, 3.8) is 0 Å². The topological polar surface area (TPSA) is 40.5 Å². The standard InChI is InChI=1S/C8H17O2/c1-3-5-7(9)8(10)6-4-2/h7,9-10H,3-6H2,1-2H3. The van der Waals surface area contributed by atoms with Gasteiger partial charge in [-0.1, -0.05) is 26.7 Å². The molecule has 0 spiro atoms. The van der Waals surface area contributed by atoms with E-state index in [0.29, 0.717) is 12.8 Å². The third-order valence-corrected chi connectivity index (χ3v) is 1.45. The summed E-state index contributed by atoms with van der Waals surface area (Å²) < 4.78 is 0. The zero-order chi connectivity index (χ0) is 7.98. The zero-order valence-electron chi connectivity index (χ0n) is 6.80. The Balaban J connectivity index is 3.38. The van der Waals surface area contributed by atoms with Gasteiger partial charge < -0.3 is 10.2 Å². The van der Waals surface area contributed by atoms with E-state index in [9.17, 15) is 0 Å². The van der Waals surface area contributed by atoms with Gasteiger partial charge in [-0.2, -0.15) is 0 Å². The molecule has 2 heteroatoms. The molecule has 0 saturated carbocycles. The Hall–Kier alpha value is -0.0800. The van der Waals surface area contributed by atoms with Gasteiger partial charge in [0, 0.05) is 0 Å². The van der Waals surface area contributed by atoms with Crippen molar-refractivity contribution in [3.05, 3.63) is 6.10 Å². The summed E-state index contributed by atoms with van der Waals surface area (Å²) in [6, 6.07) is 0. The van der Waals surface area contributed by atoms with Crippen LogP contribution >= 0.6 is 0 Å². The zero-order valence-corrected chi connectivity index (χ0v) is 6.80. The van der Waals surface area contributed by atoms with Crippen molar-refractivity contribution in [3.8, 4) is 0 Å². The fraction of sp³-hybridized carbons (Fsp3) is 0.875. The second-order valence-corrected chi connectivity index (χ2v) is 2.55. The Labute approximate surface area is 62.9 Å². The Morgan fingerprint density at radius 2 is 1.90 bits per heavy atom. The first-order chi connectivity index (χ1) is 4.72. The molecule has 0 amide bonds. The first-order valence-corrected chi connectivity index (χ1v) is 3.95. The molecule has 61 valence electrons. The van der Waals surface area contributed by atoms with Crippen LogP contribution in [0.5, 0.6) is 0 Å². The summed E-state index contributed by atoms with van der Waals surface area (Å²) in [5.41, 5.74) is 0. The van der Waals surface area contributed by atoms with Crippen molar-refractivity contribution in [1.29, 1.82) is 0 Å². The lowest BCUT2D eigenvalue weighted by Gasteiger charge is -2.14. The van der Waals surface area contributed by atoms with Gasteiger partial charge in [0.1, 0.15) is 6.10 Å². The van der Waals surface area contributed by atoms with Crippen LogP contribution in [0.2, 0.25) is 0 Å². The van der Waals surface area contributed by atoms with Crippen LogP contribution < -0.4 is 0 Å². The molecule has 0 aromatic heterocycles. The highest BCUT2D eigenvalue weighted by Crippen LogP contribution is 2.13. The highest BCUT2D eigenvalue weighted by molar-refractivity contribution is 4.83. The van der Waals surface area contributed by atoms with E-state index < -0.39 is 6.10 Å². The lowest BCUT2D eigenvalue weighted by molar-refractivity contribution is 0.0841. The van der Waals surface area contributed by atoms with Crippen LogP contribution in [0.3, 0.4) is 0 Å². The smallest absolute Gasteiger partial charge is 0.122 e. The number of aliphatic hydroxyl groups excluding tert-OH is 2. The Kier molecular flexibility index (Phi) is 5.64. The van der Waals surface area contributed by atoms with Gasteiger partial charge in [-0.05, 0) is 12.8 Å². The SMILES string of the molecule is CCC[C](O)C(O)CCC. The molecule has 0 fully saturated rings. The van der Waals surface area contributed by atoms with Crippen LogP contribution in [-0.4, -0.2) is 16.3 Å². The molecule has 2 nitrogen and oxygen atoms in total. The van der Waals surface area contributed by atoms with E-state index >= 15 is 0 Å². The van der Waals surface area contributed by atoms with Crippen LogP contribution in [0.15, 0.2) is 0 Å². The van der Waals surface area contributed by atoms with E-state index in [4.69, 9.17) is 10.2 Å². The third-order valence-electron chi connectivity index (χ3n) is 1.45. The lowest BCUT2D eigenvalue weighted by atomic mass is 10.1. The van der Waals surface area contributed by atoms with E-state index in [1.165, 1.54) is 0 Å². The van der Waals surface area contributed by atoms with Crippen molar-refractivity contribution in [1.82, 2.24) is 0 Å². The molecule has 0 bridgehead atoms. The van der Waals surface area contributed by atoms with Gasteiger partial charge in [0.15, 0.2) is 0 Å². The highest BCUT2D eigenvalue weighted by atomic mass is 16.3. The molecule has 2 N–H and O–H groups in total. The van der Waals surface area contributed by atoms with E-state index in [1.54, 1.807) is 0 Å². The summed E-state index contributed by atoms with van der Waals surface area (Å²) in [4.78, 5) is 0. The van der Waals surface area contributed by atoms with Crippen molar-refractivity contribution in [2.24, 2.45) is 0 Å². The summed E-state index contributed by atoms with van der Waals surface area (Å²) in [6.07, 6.45) is 2.75. The fourth-order valence-electron chi connectivity index (χ4n) is 0.863. The van der Waals surface area contributed by atoms with Crippen molar-refractivity contribution in [2.75, 3.05) is 0 Å².